The van der Waals surface area contributed by atoms with Crippen LogP contribution in [0.15, 0.2) is 4.99 Å². The summed E-state index contributed by atoms with van der Waals surface area (Å²) >= 11 is 0. The molecule has 2 atom stereocenters. The average molecular weight is 354 g/mol. The summed E-state index contributed by atoms with van der Waals surface area (Å²) in [5.74, 6) is 1.44. The number of rotatable bonds is 7. The maximum Gasteiger partial charge on any atom is 0.243 e. The lowest BCUT2D eigenvalue weighted by molar-refractivity contribution is -0.127. The van der Waals surface area contributed by atoms with E-state index in [0.29, 0.717) is 12.0 Å². The molecule has 144 valence electrons. The van der Waals surface area contributed by atoms with Crippen LogP contribution in [-0.2, 0) is 9.53 Å². The molecule has 2 aliphatic heterocycles. The maximum absolute atomic E-state index is 11.9. The van der Waals surface area contributed by atoms with E-state index in [1.807, 2.05) is 0 Å². The lowest BCUT2D eigenvalue weighted by Crippen LogP contribution is -2.45. The SMILES string of the molecule is CCN(CC)C1CCN(C(=NCC(=O)N(C)C)NCC2CCOC2)C1. The second-order valence-electron chi connectivity index (χ2n) is 7.15. The summed E-state index contributed by atoms with van der Waals surface area (Å²) in [7, 11) is 3.54. The van der Waals surface area contributed by atoms with E-state index in [9.17, 15) is 4.79 Å². The molecule has 2 fully saturated rings. The number of amides is 1. The van der Waals surface area contributed by atoms with Gasteiger partial charge in [-0.15, -0.1) is 0 Å². The van der Waals surface area contributed by atoms with Crippen LogP contribution in [0.1, 0.15) is 26.7 Å². The Morgan fingerprint density at radius 2 is 2.04 bits per heavy atom. The van der Waals surface area contributed by atoms with Crippen molar-refractivity contribution in [3.8, 4) is 0 Å². The van der Waals surface area contributed by atoms with Gasteiger partial charge < -0.3 is 19.9 Å². The largest absolute Gasteiger partial charge is 0.381 e. The van der Waals surface area contributed by atoms with E-state index in [4.69, 9.17) is 4.74 Å². The minimum Gasteiger partial charge on any atom is -0.381 e. The number of likely N-dealkylation sites (tertiary alicyclic amines) is 1. The van der Waals surface area contributed by atoms with Gasteiger partial charge in [0.2, 0.25) is 5.91 Å². The first-order valence-electron chi connectivity index (χ1n) is 9.60. The van der Waals surface area contributed by atoms with Gasteiger partial charge in [-0.1, -0.05) is 13.8 Å². The summed E-state index contributed by atoms with van der Waals surface area (Å²) in [6, 6.07) is 0.571. The Hall–Kier alpha value is -1.34. The van der Waals surface area contributed by atoms with Crippen molar-refractivity contribution < 1.29 is 9.53 Å². The zero-order chi connectivity index (χ0) is 18.2. The van der Waals surface area contributed by atoms with Gasteiger partial charge >= 0.3 is 0 Å². The Balaban J connectivity index is 1.97. The molecule has 2 heterocycles. The van der Waals surface area contributed by atoms with Gasteiger partial charge in [0.05, 0.1) is 6.61 Å². The van der Waals surface area contributed by atoms with Gasteiger partial charge in [-0.25, -0.2) is 4.99 Å². The third-order valence-corrected chi connectivity index (χ3v) is 5.23. The van der Waals surface area contributed by atoms with Crippen molar-refractivity contribution >= 4 is 11.9 Å². The molecule has 0 aromatic carbocycles. The highest BCUT2D eigenvalue weighted by Gasteiger charge is 2.28. The van der Waals surface area contributed by atoms with Gasteiger partial charge in [0.15, 0.2) is 5.96 Å². The molecule has 1 N–H and O–H groups in total. The van der Waals surface area contributed by atoms with E-state index >= 15 is 0 Å². The van der Waals surface area contributed by atoms with Crippen LogP contribution in [0, 0.1) is 5.92 Å². The Morgan fingerprint density at radius 3 is 2.64 bits per heavy atom. The standard InChI is InChI=1S/C18H35N5O2/c1-5-22(6-2)16-7-9-23(13-16)18(20-12-17(24)21(3)4)19-11-15-8-10-25-14-15/h15-16H,5-14H2,1-4H3,(H,19,20). The monoisotopic (exact) mass is 353 g/mol. The summed E-state index contributed by atoms with van der Waals surface area (Å²) in [6.07, 6.45) is 2.25. The Morgan fingerprint density at radius 1 is 1.28 bits per heavy atom. The van der Waals surface area contributed by atoms with Crippen molar-refractivity contribution in [3.05, 3.63) is 0 Å². The third-order valence-electron chi connectivity index (χ3n) is 5.23. The summed E-state index contributed by atoms with van der Waals surface area (Å²) in [5, 5.41) is 3.50. The number of aliphatic imine (C=N–C) groups is 1. The van der Waals surface area contributed by atoms with E-state index in [2.05, 4.69) is 34.0 Å². The maximum atomic E-state index is 11.9. The molecule has 2 rings (SSSR count). The number of carbonyl (C=O) groups is 1. The minimum atomic E-state index is 0.0305. The molecular formula is C18H35N5O2. The molecule has 7 heteroatoms. The van der Waals surface area contributed by atoms with Crippen molar-refractivity contribution in [2.24, 2.45) is 10.9 Å². The number of carbonyl (C=O) groups excluding carboxylic acids is 1. The molecule has 2 saturated heterocycles. The fourth-order valence-electron chi connectivity index (χ4n) is 3.50. The molecule has 0 spiro atoms. The van der Waals surface area contributed by atoms with Crippen LogP contribution in [0.4, 0.5) is 0 Å². The van der Waals surface area contributed by atoms with Crippen molar-refractivity contribution in [3.63, 3.8) is 0 Å². The lowest BCUT2D eigenvalue weighted by Gasteiger charge is -2.27. The van der Waals surface area contributed by atoms with Gasteiger partial charge in [0.25, 0.3) is 0 Å². The normalized spacial score (nSPS) is 24.2. The van der Waals surface area contributed by atoms with Crippen LogP contribution in [0.2, 0.25) is 0 Å². The van der Waals surface area contributed by atoms with Crippen LogP contribution in [0.5, 0.6) is 0 Å². The predicted molar refractivity (Wildman–Crippen MR) is 101 cm³/mol. The van der Waals surface area contributed by atoms with Crippen LogP contribution in [0.25, 0.3) is 0 Å². The first kappa shape index (κ1) is 20.0. The van der Waals surface area contributed by atoms with Gasteiger partial charge in [-0.2, -0.15) is 0 Å². The van der Waals surface area contributed by atoms with Gasteiger partial charge in [0, 0.05) is 52.3 Å². The number of nitrogens with zero attached hydrogens (tertiary/aromatic N) is 4. The number of likely N-dealkylation sites (N-methyl/N-ethyl adjacent to an activating group) is 2. The number of ether oxygens (including phenoxy) is 1. The molecule has 0 bridgehead atoms. The minimum absolute atomic E-state index is 0.0305. The molecule has 0 radical (unpaired) electrons. The Bertz CT molecular complexity index is 445. The van der Waals surface area contributed by atoms with E-state index < -0.39 is 0 Å². The van der Waals surface area contributed by atoms with Crippen LogP contribution in [-0.4, -0.2) is 99.2 Å². The van der Waals surface area contributed by atoms with Crippen molar-refractivity contribution in [2.75, 3.05) is 66.6 Å². The van der Waals surface area contributed by atoms with Crippen molar-refractivity contribution in [1.82, 2.24) is 20.0 Å². The fraction of sp³-hybridized carbons (Fsp3) is 0.889. The average Bonchev–Trinajstić information content (AvgIpc) is 3.28. The number of hydrogen-bond donors (Lipinski definition) is 1. The highest BCUT2D eigenvalue weighted by atomic mass is 16.5. The highest BCUT2D eigenvalue weighted by molar-refractivity contribution is 5.85. The first-order chi connectivity index (χ1) is 12.0. The molecular weight excluding hydrogens is 318 g/mol. The van der Waals surface area contributed by atoms with Crippen LogP contribution in [0.3, 0.4) is 0 Å². The summed E-state index contributed by atoms with van der Waals surface area (Å²) in [6.45, 7) is 11.3. The summed E-state index contributed by atoms with van der Waals surface area (Å²) in [5.41, 5.74) is 0. The first-order valence-corrected chi connectivity index (χ1v) is 9.60. The molecule has 0 saturated carbocycles. The van der Waals surface area contributed by atoms with Gasteiger partial charge in [0.1, 0.15) is 6.54 Å². The zero-order valence-corrected chi connectivity index (χ0v) is 16.3. The summed E-state index contributed by atoms with van der Waals surface area (Å²) in [4.78, 5) is 23.0. The molecule has 0 aromatic heterocycles. The molecule has 2 aliphatic rings. The summed E-state index contributed by atoms with van der Waals surface area (Å²) < 4.78 is 5.46. The van der Waals surface area contributed by atoms with Crippen molar-refractivity contribution in [1.29, 1.82) is 0 Å². The smallest absolute Gasteiger partial charge is 0.243 e. The van der Waals surface area contributed by atoms with Crippen LogP contribution < -0.4 is 5.32 Å². The lowest BCUT2D eigenvalue weighted by atomic mass is 10.1. The molecule has 7 nitrogen and oxygen atoms in total. The molecule has 0 aromatic rings. The Kier molecular flexibility index (Phi) is 7.96. The van der Waals surface area contributed by atoms with Crippen LogP contribution >= 0.6 is 0 Å². The predicted octanol–water partition coefficient (Wildman–Crippen LogP) is 0.473. The number of guanidine groups is 1. The zero-order valence-electron chi connectivity index (χ0n) is 16.3. The topological polar surface area (TPSA) is 60.4 Å². The molecule has 0 aliphatic carbocycles. The third kappa shape index (κ3) is 5.85. The second kappa shape index (κ2) is 9.97. The van der Waals surface area contributed by atoms with E-state index in [1.54, 1.807) is 19.0 Å². The van der Waals surface area contributed by atoms with Crippen molar-refractivity contribution in [2.45, 2.75) is 32.7 Å². The molecule has 2 unspecified atom stereocenters. The molecule has 1 amide bonds. The van der Waals surface area contributed by atoms with E-state index in [0.717, 1.165) is 64.7 Å². The quantitative estimate of drug-likeness (QED) is 0.533. The van der Waals surface area contributed by atoms with E-state index in [-0.39, 0.29) is 12.5 Å². The fourth-order valence-corrected chi connectivity index (χ4v) is 3.50. The highest BCUT2D eigenvalue weighted by Crippen LogP contribution is 2.16. The number of nitrogens with one attached hydrogen (secondary N) is 1. The Labute approximate surface area is 152 Å². The number of hydrogen-bond acceptors (Lipinski definition) is 4. The second-order valence-corrected chi connectivity index (χ2v) is 7.15. The molecule has 25 heavy (non-hydrogen) atoms. The van der Waals surface area contributed by atoms with E-state index in [1.165, 1.54) is 0 Å². The van der Waals surface area contributed by atoms with Gasteiger partial charge in [-0.05, 0) is 25.9 Å². The van der Waals surface area contributed by atoms with Gasteiger partial charge in [-0.3, -0.25) is 9.69 Å².